The van der Waals surface area contributed by atoms with E-state index < -0.39 is 0 Å². The fourth-order valence-electron chi connectivity index (χ4n) is 3.21. The van der Waals surface area contributed by atoms with E-state index >= 15 is 0 Å². The quantitative estimate of drug-likeness (QED) is 0.506. The van der Waals surface area contributed by atoms with Crippen LogP contribution in [0.5, 0.6) is 0 Å². The normalized spacial score (nSPS) is 11.2. The molecular weight excluding hydrogens is 342 g/mol. The van der Waals surface area contributed by atoms with Gasteiger partial charge in [0.05, 0.1) is 11.7 Å². The van der Waals surface area contributed by atoms with E-state index in [0.717, 1.165) is 35.5 Å². The number of nitrogens with zero attached hydrogens (tertiary/aromatic N) is 4. The molecule has 4 rings (SSSR count). The molecule has 132 valence electrons. The third kappa shape index (κ3) is 3.32. The maximum absolute atomic E-state index is 4.51. The van der Waals surface area contributed by atoms with E-state index in [2.05, 4.69) is 62.3 Å². The number of benzene rings is 1. The Morgan fingerprint density at radius 1 is 1.15 bits per heavy atom. The van der Waals surface area contributed by atoms with Crippen LogP contribution in [0.1, 0.15) is 17.5 Å². The van der Waals surface area contributed by atoms with Gasteiger partial charge in [0.2, 0.25) is 0 Å². The van der Waals surface area contributed by atoms with Crippen molar-refractivity contribution in [1.82, 2.24) is 19.5 Å². The molecule has 0 amide bonds. The number of imidazole rings is 1. The average molecular weight is 363 g/mol. The monoisotopic (exact) mass is 363 g/mol. The number of hydrogen-bond donors (Lipinski definition) is 1. The second-order valence-corrected chi connectivity index (χ2v) is 7.31. The molecule has 1 aromatic carbocycles. The minimum absolute atomic E-state index is 0.854. The van der Waals surface area contributed by atoms with Gasteiger partial charge in [-0.25, -0.2) is 15.0 Å². The molecule has 0 atom stereocenters. The van der Waals surface area contributed by atoms with Crippen LogP contribution < -0.4 is 5.32 Å². The molecule has 0 saturated carbocycles. The van der Waals surface area contributed by atoms with Gasteiger partial charge < -0.3 is 9.88 Å². The summed E-state index contributed by atoms with van der Waals surface area (Å²) in [5.41, 5.74) is 5.01. The highest BCUT2D eigenvalue weighted by Gasteiger charge is 2.14. The summed E-state index contributed by atoms with van der Waals surface area (Å²) in [6, 6.07) is 6.58. The molecule has 4 aromatic rings. The summed E-state index contributed by atoms with van der Waals surface area (Å²) in [5, 5.41) is 6.80. The maximum atomic E-state index is 4.51. The first-order chi connectivity index (χ1) is 12.7. The van der Waals surface area contributed by atoms with E-state index in [-0.39, 0.29) is 0 Å². The third-order valence-corrected chi connectivity index (χ3v) is 5.37. The van der Waals surface area contributed by atoms with Crippen LogP contribution in [0.15, 0.2) is 48.6 Å². The fraction of sp³-hybridized carbons (Fsp3) is 0.250. The van der Waals surface area contributed by atoms with E-state index in [1.54, 1.807) is 17.7 Å². The van der Waals surface area contributed by atoms with Gasteiger partial charge in [-0.05, 0) is 31.4 Å². The number of aryl methyl sites for hydroxylation is 3. The maximum Gasteiger partial charge on any atom is 0.138 e. The molecule has 0 unspecified atom stereocenters. The van der Waals surface area contributed by atoms with Crippen molar-refractivity contribution in [1.29, 1.82) is 0 Å². The first-order valence-electron chi connectivity index (χ1n) is 8.72. The molecule has 3 heterocycles. The van der Waals surface area contributed by atoms with Crippen molar-refractivity contribution in [3.63, 3.8) is 0 Å². The number of aromatic nitrogens is 4. The van der Waals surface area contributed by atoms with E-state index in [9.17, 15) is 0 Å². The van der Waals surface area contributed by atoms with Crippen molar-refractivity contribution in [2.45, 2.75) is 26.8 Å². The summed E-state index contributed by atoms with van der Waals surface area (Å²) in [6.07, 6.45) is 8.29. The van der Waals surface area contributed by atoms with Crippen LogP contribution in [0.2, 0.25) is 0 Å². The lowest BCUT2D eigenvalue weighted by Gasteiger charge is -2.10. The highest BCUT2D eigenvalue weighted by atomic mass is 32.1. The molecule has 0 aliphatic rings. The van der Waals surface area contributed by atoms with Crippen LogP contribution in [0.25, 0.3) is 21.3 Å². The van der Waals surface area contributed by atoms with Crippen LogP contribution in [-0.2, 0) is 6.54 Å². The molecule has 0 aliphatic heterocycles. The van der Waals surface area contributed by atoms with Gasteiger partial charge in [0.15, 0.2) is 0 Å². The van der Waals surface area contributed by atoms with E-state index in [1.165, 1.54) is 22.3 Å². The minimum Gasteiger partial charge on any atom is -0.369 e. The van der Waals surface area contributed by atoms with Crippen LogP contribution >= 0.6 is 11.3 Å². The van der Waals surface area contributed by atoms with Crippen LogP contribution in [-0.4, -0.2) is 26.1 Å². The summed E-state index contributed by atoms with van der Waals surface area (Å²) in [5.74, 6) is 0.914. The Kier molecular flexibility index (Phi) is 4.67. The van der Waals surface area contributed by atoms with Crippen molar-refractivity contribution in [3.8, 4) is 11.1 Å². The first kappa shape index (κ1) is 16.7. The largest absolute Gasteiger partial charge is 0.369 e. The van der Waals surface area contributed by atoms with Gasteiger partial charge in [-0.2, -0.15) is 0 Å². The van der Waals surface area contributed by atoms with Gasteiger partial charge in [-0.3, -0.25) is 0 Å². The number of hydrogen-bond acceptors (Lipinski definition) is 5. The minimum atomic E-state index is 0.854. The number of thiophene rings is 1. The number of fused-ring (bicyclic) bond motifs is 1. The Balaban J connectivity index is 1.60. The SMILES string of the molecule is Cc1ccc(-c2csc3ncnc(NCCCn4ccnc4)c23)c(C)c1. The van der Waals surface area contributed by atoms with Gasteiger partial charge in [-0.15, -0.1) is 11.3 Å². The van der Waals surface area contributed by atoms with Crippen molar-refractivity contribution >= 4 is 27.4 Å². The molecule has 26 heavy (non-hydrogen) atoms. The number of nitrogens with one attached hydrogen (secondary N) is 1. The Morgan fingerprint density at radius 3 is 2.88 bits per heavy atom. The molecule has 0 saturated heterocycles. The van der Waals surface area contributed by atoms with Gasteiger partial charge >= 0.3 is 0 Å². The zero-order valence-electron chi connectivity index (χ0n) is 14.9. The number of anilines is 1. The Bertz CT molecular complexity index is 1020. The zero-order chi connectivity index (χ0) is 17.9. The molecule has 0 spiro atoms. The van der Waals surface area contributed by atoms with Crippen molar-refractivity contribution in [3.05, 3.63) is 59.8 Å². The Morgan fingerprint density at radius 2 is 2.08 bits per heavy atom. The Hall–Kier alpha value is -2.73. The predicted octanol–water partition coefficient (Wildman–Crippen LogP) is 4.67. The van der Waals surface area contributed by atoms with Crippen LogP contribution in [0.4, 0.5) is 5.82 Å². The van der Waals surface area contributed by atoms with Crippen molar-refractivity contribution < 1.29 is 0 Å². The number of rotatable bonds is 6. The topological polar surface area (TPSA) is 55.6 Å². The molecule has 0 fully saturated rings. The fourth-order valence-corrected chi connectivity index (χ4v) is 4.12. The molecule has 0 aliphatic carbocycles. The second kappa shape index (κ2) is 7.25. The first-order valence-corrected chi connectivity index (χ1v) is 9.60. The molecule has 1 N–H and O–H groups in total. The van der Waals surface area contributed by atoms with Gasteiger partial charge in [0.1, 0.15) is 17.0 Å². The molecule has 0 bridgehead atoms. The second-order valence-electron chi connectivity index (χ2n) is 6.45. The summed E-state index contributed by atoms with van der Waals surface area (Å²) in [4.78, 5) is 14.1. The zero-order valence-corrected chi connectivity index (χ0v) is 15.8. The standard InChI is InChI=1S/C20H21N5S/c1-14-4-5-16(15(2)10-14)17-11-26-20-18(17)19(23-12-24-20)22-6-3-8-25-9-7-21-13-25/h4-5,7,9-13H,3,6,8H2,1-2H3,(H,22,23,24). The molecule has 6 heteroatoms. The highest BCUT2D eigenvalue weighted by Crippen LogP contribution is 2.37. The van der Waals surface area contributed by atoms with E-state index in [0.29, 0.717) is 0 Å². The highest BCUT2D eigenvalue weighted by molar-refractivity contribution is 7.17. The molecular formula is C20H21N5S. The van der Waals surface area contributed by atoms with Gasteiger partial charge in [0.25, 0.3) is 0 Å². The molecule has 3 aromatic heterocycles. The summed E-state index contributed by atoms with van der Waals surface area (Å²) >= 11 is 1.67. The van der Waals surface area contributed by atoms with Crippen molar-refractivity contribution in [2.75, 3.05) is 11.9 Å². The summed E-state index contributed by atoms with van der Waals surface area (Å²) in [7, 11) is 0. The van der Waals surface area contributed by atoms with Crippen LogP contribution in [0, 0.1) is 13.8 Å². The summed E-state index contributed by atoms with van der Waals surface area (Å²) < 4.78 is 2.09. The smallest absolute Gasteiger partial charge is 0.138 e. The van der Waals surface area contributed by atoms with Crippen LogP contribution in [0.3, 0.4) is 0 Å². The lowest BCUT2D eigenvalue weighted by molar-refractivity contribution is 0.660. The summed E-state index contributed by atoms with van der Waals surface area (Å²) in [6.45, 7) is 6.08. The average Bonchev–Trinajstić information content (AvgIpc) is 3.29. The third-order valence-electron chi connectivity index (χ3n) is 4.49. The van der Waals surface area contributed by atoms with E-state index in [4.69, 9.17) is 0 Å². The van der Waals surface area contributed by atoms with Gasteiger partial charge in [0, 0.05) is 36.4 Å². The lowest BCUT2D eigenvalue weighted by Crippen LogP contribution is -2.07. The molecule has 5 nitrogen and oxygen atoms in total. The van der Waals surface area contributed by atoms with Crippen molar-refractivity contribution in [2.24, 2.45) is 0 Å². The van der Waals surface area contributed by atoms with E-state index in [1.807, 2.05) is 18.7 Å². The molecule has 0 radical (unpaired) electrons. The van der Waals surface area contributed by atoms with Gasteiger partial charge in [-0.1, -0.05) is 23.8 Å². The Labute approximate surface area is 156 Å². The lowest BCUT2D eigenvalue weighted by atomic mass is 9.99. The predicted molar refractivity (Wildman–Crippen MR) is 108 cm³/mol.